The van der Waals surface area contributed by atoms with Crippen LogP contribution in [0.5, 0.6) is 5.75 Å². The Bertz CT molecular complexity index is 1450. The van der Waals surface area contributed by atoms with E-state index >= 15 is 0 Å². The second-order valence-electron chi connectivity index (χ2n) is 10.2. The summed E-state index contributed by atoms with van der Waals surface area (Å²) in [5.41, 5.74) is 3.59. The molecule has 3 aliphatic rings. The third kappa shape index (κ3) is 4.54. The van der Waals surface area contributed by atoms with Gasteiger partial charge in [-0.1, -0.05) is 66.6 Å². The lowest BCUT2D eigenvalue weighted by Gasteiger charge is -2.33. The minimum Gasteiger partial charge on any atom is -0.489 e. The highest BCUT2D eigenvalue weighted by Gasteiger charge is 2.40. The van der Waals surface area contributed by atoms with Crippen LogP contribution in [0.3, 0.4) is 0 Å². The molecule has 0 spiro atoms. The van der Waals surface area contributed by atoms with Crippen LogP contribution in [-0.2, 0) is 17.8 Å². The van der Waals surface area contributed by atoms with Crippen LogP contribution in [0, 0.1) is 17.8 Å². The van der Waals surface area contributed by atoms with E-state index in [9.17, 15) is 9.59 Å². The molecule has 1 atom stereocenters. The molecule has 0 saturated heterocycles. The van der Waals surface area contributed by atoms with Crippen molar-refractivity contribution in [3.8, 4) is 17.6 Å². The average molecular weight is 529 g/mol. The maximum atomic E-state index is 13.6. The first-order valence-corrected chi connectivity index (χ1v) is 13.5. The molecule has 194 valence electrons. The molecule has 1 saturated carbocycles. The average Bonchev–Trinajstić information content (AvgIpc) is 3.55. The number of likely N-dealkylation sites (N-methyl/N-ethyl adjacent to an activating group) is 1. The standard InChI is InChI=1S/C30H29ClN4O3/c1-33-24-17-21(12-11-20-7-5-6-8-20)13-14-26(24)38-19-25(29(33)36)34-16-15-23-27(30(34)37)32-35(28(23)31)18-22-9-3-2-4-10-22/h2-4,9-10,13-14,17,20,25H,5-8,15-16,18-19H2,1H3/t25-/m1/s1. The van der Waals surface area contributed by atoms with Crippen molar-refractivity contribution < 1.29 is 14.3 Å². The van der Waals surface area contributed by atoms with E-state index in [1.807, 2.05) is 48.5 Å². The monoisotopic (exact) mass is 528 g/mol. The largest absolute Gasteiger partial charge is 0.489 e. The second kappa shape index (κ2) is 10.2. The van der Waals surface area contributed by atoms with Gasteiger partial charge in [0.2, 0.25) is 0 Å². The van der Waals surface area contributed by atoms with E-state index in [-0.39, 0.29) is 18.4 Å². The van der Waals surface area contributed by atoms with E-state index < -0.39 is 6.04 Å². The van der Waals surface area contributed by atoms with Crippen LogP contribution in [0.4, 0.5) is 5.69 Å². The summed E-state index contributed by atoms with van der Waals surface area (Å²) < 4.78 is 7.73. The summed E-state index contributed by atoms with van der Waals surface area (Å²) in [6, 6.07) is 14.8. The summed E-state index contributed by atoms with van der Waals surface area (Å²) in [4.78, 5) is 30.4. The van der Waals surface area contributed by atoms with E-state index in [0.29, 0.717) is 47.7 Å². The van der Waals surface area contributed by atoms with Crippen molar-refractivity contribution >= 4 is 29.1 Å². The summed E-state index contributed by atoms with van der Waals surface area (Å²) in [6.45, 7) is 0.906. The maximum absolute atomic E-state index is 13.6. The van der Waals surface area contributed by atoms with Gasteiger partial charge in [0.05, 0.1) is 12.2 Å². The van der Waals surface area contributed by atoms with Crippen molar-refractivity contribution in [1.82, 2.24) is 14.7 Å². The number of rotatable bonds is 3. The van der Waals surface area contributed by atoms with Crippen LogP contribution in [0.2, 0.25) is 5.15 Å². The fourth-order valence-corrected chi connectivity index (χ4v) is 5.82. The third-order valence-electron chi connectivity index (χ3n) is 7.71. The van der Waals surface area contributed by atoms with Crippen molar-refractivity contribution in [2.24, 2.45) is 5.92 Å². The Morgan fingerprint density at radius 1 is 1.11 bits per heavy atom. The molecule has 2 aliphatic heterocycles. The predicted molar refractivity (Wildman–Crippen MR) is 145 cm³/mol. The fourth-order valence-electron chi connectivity index (χ4n) is 5.54. The minimum atomic E-state index is -0.765. The molecular formula is C30H29ClN4O3. The summed E-state index contributed by atoms with van der Waals surface area (Å²) in [5, 5.41) is 5.02. The van der Waals surface area contributed by atoms with Crippen molar-refractivity contribution in [3.63, 3.8) is 0 Å². The number of hydrogen-bond donors (Lipinski definition) is 0. The topological polar surface area (TPSA) is 67.7 Å². The smallest absolute Gasteiger partial charge is 0.275 e. The van der Waals surface area contributed by atoms with Gasteiger partial charge in [0.1, 0.15) is 23.6 Å². The number of carbonyl (C=O) groups excluding carboxylic acids is 2. The van der Waals surface area contributed by atoms with E-state index in [0.717, 1.165) is 29.5 Å². The highest BCUT2D eigenvalue weighted by atomic mass is 35.5. The van der Waals surface area contributed by atoms with Gasteiger partial charge < -0.3 is 14.5 Å². The van der Waals surface area contributed by atoms with Crippen molar-refractivity contribution in [3.05, 3.63) is 76.1 Å². The Hall–Kier alpha value is -3.76. The molecule has 7 nitrogen and oxygen atoms in total. The van der Waals surface area contributed by atoms with Crippen LogP contribution in [0.15, 0.2) is 48.5 Å². The summed E-state index contributed by atoms with van der Waals surface area (Å²) in [7, 11) is 1.72. The van der Waals surface area contributed by atoms with E-state index in [4.69, 9.17) is 16.3 Å². The van der Waals surface area contributed by atoms with Crippen LogP contribution in [0.25, 0.3) is 0 Å². The molecule has 0 radical (unpaired) electrons. The first kappa shape index (κ1) is 24.6. The fraction of sp³-hybridized carbons (Fsp3) is 0.367. The molecule has 0 N–H and O–H groups in total. The third-order valence-corrected chi connectivity index (χ3v) is 8.13. The number of anilines is 1. The molecule has 3 aromatic rings. The van der Waals surface area contributed by atoms with Gasteiger partial charge in [-0.3, -0.25) is 9.59 Å². The molecule has 38 heavy (non-hydrogen) atoms. The molecule has 2 aromatic carbocycles. The molecule has 1 aliphatic carbocycles. The quantitative estimate of drug-likeness (QED) is 0.468. The van der Waals surface area contributed by atoms with Gasteiger partial charge in [0, 0.05) is 30.6 Å². The normalized spacial score (nSPS) is 19.4. The van der Waals surface area contributed by atoms with Gasteiger partial charge in [0.15, 0.2) is 5.69 Å². The summed E-state index contributed by atoms with van der Waals surface area (Å²) in [5.74, 6) is 7.22. The number of aromatic nitrogens is 2. The minimum absolute atomic E-state index is 0.0722. The molecule has 3 heterocycles. The number of fused-ring (bicyclic) bond motifs is 2. The van der Waals surface area contributed by atoms with Crippen LogP contribution >= 0.6 is 11.6 Å². The lowest BCUT2D eigenvalue weighted by atomic mass is 10.0. The number of hydrogen-bond acceptors (Lipinski definition) is 4. The molecule has 2 amide bonds. The van der Waals surface area contributed by atoms with Crippen molar-refractivity contribution in [2.45, 2.75) is 44.7 Å². The Morgan fingerprint density at radius 2 is 1.89 bits per heavy atom. The molecule has 0 unspecified atom stereocenters. The van der Waals surface area contributed by atoms with E-state index in [2.05, 4.69) is 16.9 Å². The Labute approximate surface area is 227 Å². The summed E-state index contributed by atoms with van der Waals surface area (Å²) in [6.07, 6.45) is 5.32. The van der Waals surface area contributed by atoms with E-state index in [1.165, 1.54) is 12.8 Å². The van der Waals surface area contributed by atoms with Crippen LogP contribution in [0.1, 0.15) is 52.9 Å². The Kier molecular flexibility index (Phi) is 6.59. The zero-order chi connectivity index (χ0) is 26.2. The Morgan fingerprint density at radius 3 is 2.68 bits per heavy atom. The predicted octanol–water partition coefficient (Wildman–Crippen LogP) is 4.55. The molecule has 8 heteroatoms. The van der Waals surface area contributed by atoms with Crippen molar-refractivity contribution in [2.75, 3.05) is 25.1 Å². The van der Waals surface area contributed by atoms with Gasteiger partial charge >= 0.3 is 0 Å². The van der Waals surface area contributed by atoms with Crippen LogP contribution < -0.4 is 9.64 Å². The first-order valence-electron chi connectivity index (χ1n) is 13.2. The zero-order valence-corrected chi connectivity index (χ0v) is 22.1. The van der Waals surface area contributed by atoms with Gasteiger partial charge in [0.25, 0.3) is 11.8 Å². The van der Waals surface area contributed by atoms with Gasteiger partial charge in [-0.15, -0.1) is 0 Å². The summed E-state index contributed by atoms with van der Waals surface area (Å²) >= 11 is 6.63. The second-order valence-corrected chi connectivity index (χ2v) is 10.5. The highest BCUT2D eigenvalue weighted by Crippen LogP contribution is 2.34. The lowest BCUT2D eigenvalue weighted by molar-refractivity contribution is -0.123. The van der Waals surface area contributed by atoms with E-state index in [1.54, 1.807) is 21.5 Å². The first-order chi connectivity index (χ1) is 18.5. The van der Waals surface area contributed by atoms with Gasteiger partial charge in [-0.2, -0.15) is 5.10 Å². The number of amides is 2. The molecule has 1 aromatic heterocycles. The SMILES string of the molecule is CN1C(=O)[C@H](N2CCc3c(nn(Cc4ccccc4)c3Cl)C2=O)COc2ccc(C#CC3CCCC3)cc21. The molecule has 1 fully saturated rings. The lowest BCUT2D eigenvalue weighted by Crippen LogP contribution is -2.54. The molecule has 0 bridgehead atoms. The van der Waals surface area contributed by atoms with Crippen LogP contribution in [-0.4, -0.2) is 52.7 Å². The number of halogens is 1. The zero-order valence-electron chi connectivity index (χ0n) is 21.3. The number of benzene rings is 2. The number of nitrogens with zero attached hydrogens (tertiary/aromatic N) is 4. The van der Waals surface area contributed by atoms with Gasteiger partial charge in [-0.25, -0.2) is 4.68 Å². The maximum Gasteiger partial charge on any atom is 0.275 e. The molecule has 6 rings (SSSR count). The molecular weight excluding hydrogens is 500 g/mol. The number of carbonyl (C=O) groups is 2. The Balaban J connectivity index is 1.22. The van der Waals surface area contributed by atoms with Crippen molar-refractivity contribution in [1.29, 1.82) is 0 Å². The highest BCUT2D eigenvalue weighted by molar-refractivity contribution is 6.31. The van der Waals surface area contributed by atoms with Gasteiger partial charge in [-0.05, 0) is 43.0 Å². The number of ether oxygens (including phenoxy) is 1.